The van der Waals surface area contributed by atoms with Crippen LogP contribution in [0.1, 0.15) is 57.6 Å². The SMILES string of the molecule is Cc1ccc2c(C(C)CCC(C)(C)C)cccc2c1. The van der Waals surface area contributed by atoms with Crippen molar-refractivity contribution in [3.8, 4) is 0 Å². The number of hydrogen-bond donors (Lipinski definition) is 0. The van der Waals surface area contributed by atoms with Gasteiger partial charge in [0.1, 0.15) is 0 Å². The van der Waals surface area contributed by atoms with Gasteiger partial charge in [-0.25, -0.2) is 0 Å². The summed E-state index contributed by atoms with van der Waals surface area (Å²) in [5.74, 6) is 0.630. The molecule has 0 aliphatic rings. The van der Waals surface area contributed by atoms with Crippen LogP contribution in [0.4, 0.5) is 0 Å². The zero-order valence-electron chi connectivity index (χ0n) is 13.0. The lowest BCUT2D eigenvalue weighted by molar-refractivity contribution is 0.353. The Hall–Kier alpha value is -1.30. The van der Waals surface area contributed by atoms with E-state index in [1.54, 1.807) is 0 Å². The molecule has 19 heavy (non-hydrogen) atoms. The molecule has 1 unspecified atom stereocenters. The summed E-state index contributed by atoms with van der Waals surface area (Å²) in [4.78, 5) is 0. The van der Waals surface area contributed by atoms with Gasteiger partial charge in [-0.1, -0.05) is 69.7 Å². The first-order valence-corrected chi connectivity index (χ1v) is 7.36. The molecule has 1 atom stereocenters. The molecule has 0 aromatic heterocycles. The number of benzene rings is 2. The molecular weight excluding hydrogens is 228 g/mol. The zero-order chi connectivity index (χ0) is 14.0. The Morgan fingerprint density at radius 3 is 2.47 bits per heavy atom. The van der Waals surface area contributed by atoms with Crippen molar-refractivity contribution in [1.82, 2.24) is 0 Å². The Bertz CT molecular complexity index is 558. The minimum absolute atomic E-state index is 0.426. The molecule has 2 aromatic carbocycles. The summed E-state index contributed by atoms with van der Waals surface area (Å²) in [5, 5.41) is 2.80. The average molecular weight is 254 g/mol. The lowest BCUT2D eigenvalue weighted by atomic mass is 9.84. The van der Waals surface area contributed by atoms with Crippen molar-refractivity contribution in [2.75, 3.05) is 0 Å². The van der Waals surface area contributed by atoms with Gasteiger partial charge >= 0.3 is 0 Å². The highest BCUT2D eigenvalue weighted by molar-refractivity contribution is 5.86. The maximum Gasteiger partial charge on any atom is -0.0149 e. The highest BCUT2D eigenvalue weighted by atomic mass is 14.2. The molecule has 0 heteroatoms. The van der Waals surface area contributed by atoms with Gasteiger partial charge in [-0.2, -0.15) is 0 Å². The highest BCUT2D eigenvalue weighted by Gasteiger charge is 2.15. The van der Waals surface area contributed by atoms with E-state index in [-0.39, 0.29) is 0 Å². The van der Waals surface area contributed by atoms with Crippen LogP contribution in [0.2, 0.25) is 0 Å². The molecule has 0 aliphatic carbocycles. The number of hydrogen-bond acceptors (Lipinski definition) is 0. The standard InChI is InChI=1S/C19H26/c1-14-9-10-18-16(13-14)7-6-8-17(18)15(2)11-12-19(3,4)5/h6-10,13,15H,11-12H2,1-5H3. The first kappa shape index (κ1) is 14.1. The van der Waals surface area contributed by atoms with Gasteiger partial charge in [0, 0.05) is 0 Å². The van der Waals surface area contributed by atoms with Crippen LogP contribution < -0.4 is 0 Å². The fraction of sp³-hybridized carbons (Fsp3) is 0.474. The Labute approximate surface area is 117 Å². The van der Waals surface area contributed by atoms with Crippen molar-refractivity contribution >= 4 is 10.8 Å². The summed E-state index contributed by atoms with van der Waals surface area (Å²) in [6.07, 6.45) is 2.53. The van der Waals surface area contributed by atoms with Gasteiger partial charge in [0.25, 0.3) is 0 Å². The van der Waals surface area contributed by atoms with Crippen molar-refractivity contribution < 1.29 is 0 Å². The number of fused-ring (bicyclic) bond motifs is 1. The normalized spacial score (nSPS) is 13.7. The van der Waals surface area contributed by atoms with Gasteiger partial charge in [0.2, 0.25) is 0 Å². The van der Waals surface area contributed by atoms with Crippen LogP contribution in [0.5, 0.6) is 0 Å². The predicted molar refractivity (Wildman–Crippen MR) is 85.8 cm³/mol. The van der Waals surface area contributed by atoms with Crippen LogP contribution >= 0.6 is 0 Å². The smallest absolute Gasteiger partial charge is 0.0149 e. The fourth-order valence-corrected chi connectivity index (χ4v) is 2.66. The minimum Gasteiger partial charge on any atom is -0.0613 e. The Morgan fingerprint density at radius 2 is 1.79 bits per heavy atom. The molecule has 0 saturated carbocycles. The summed E-state index contributed by atoms with van der Waals surface area (Å²) in [5.41, 5.74) is 3.27. The van der Waals surface area contributed by atoms with Crippen LogP contribution in [0.25, 0.3) is 10.8 Å². The molecule has 0 nitrogen and oxygen atoms in total. The van der Waals surface area contributed by atoms with Gasteiger partial charge in [-0.15, -0.1) is 0 Å². The van der Waals surface area contributed by atoms with E-state index in [9.17, 15) is 0 Å². The van der Waals surface area contributed by atoms with E-state index in [1.165, 1.54) is 34.7 Å². The monoisotopic (exact) mass is 254 g/mol. The Kier molecular flexibility index (Phi) is 3.99. The van der Waals surface area contributed by atoms with E-state index >= 15 is 0 Å². The van der Waals surface area contributed by atoms with E-state index in [1.807, 2.05) is 0 Å². The van der Waals surface area contributed by atoms with Gasteiger partial charge in [-0.3, -0.25) is 0 Å². The van der Waals surface area contributed by atoms with Crippen LogP contribution in [0, 0.1) is 12.3 Å². The van der Waals surface area contributed by atoms with Crippen molar-refractivity contribution in [2.45, 2.75) is 53.4 Å². The summed E-state index contributed by atoms with van der Waals surface area (Å²) >= 11 is 0. The Balaban J connectivity index is 2.29. The van der Waals surface area contributed by atoms with Crippen molar-refractivity contribution in [2.24, 2.45) is 5.41 Å². The largest absolute Gasteiger partial charge is 0.0613 e. The number of rotatable bonds is 3. The van der Waals surface area contributed by atoms with Crippen molar-refractivity contribution in [1.29, 1.82) is 0 Å². The summed E-state index contributed by atoms with van der Waals surface area (Å²) in [7, 11) is 0. The predicted octanol–water partition coefficient (Wildman–Crippen LogP) is 6.08. The zero-order valence-corrected chi connectivity index (χ0v) is 13.0. The fourth-order valence-electron chi connectivity index (χ4n) is 2.66. The summed E-state index contributed by atoms with van der Waals surface area (Å²) < 4.78 is 0. The first-order valence-electron chi connectivity index (χ1n) is 7.36. The second kappa shape index (κ2) is 5.36. The molecule has 0 amide bonds. The molecule has 2 rings (SSSR count). The number of aryl methyl sites for hydroxylation is 1. The minimum atomic E-state index is 0.426. The summed E-state index contributed by atoms with van der Waals surface area (Å²) in [6, 6.07) is 13.5. The third kappa shape index (κ3) is 3.59. The van der Waals surface area contributed by atoms with Crippen molar-refractivity contribution in [3.05, 3.63) is 47.5 Å². The van der Waals surface area contributed by atoms with Crippen molar-refractivity contribution in [3.63, 3.8) is 0 Å². The topological polar surface area (TPSA) is 0 Å². The molecule has 0 aliphatic heterocycles. The molecule has 0 heterocycles. The van der Waals surface area contributed by atoms with Crippen LogP contribution in [-0.4, -0.2) is 0 Å². The molecule has 0 bridgehead atoms. The quantitative estimate of drug-likeness (QED) is 0.623. The second-order valence-electron chi connectivity index (χ2n) is 7.07. The summed E-state index contributed by atoms with van der Waals surface area (Å²) in [6.45, 7) is 11.5. The van der Waals surface area contributed by atoms with Crippen LogP contribution in [0.15, 0.2) is 36.4 Å². The highest BCUT2D eigenvalue weighted by Crippen LogP contribution is 2.32. The molecule has 102 valence electrons. The van der Waals surface area contributed by atoms with E-state index in [0.717, 1.165) is 0 Å². The molecule has 0 spiro atoms. The molecule has 0 fully saturated rings. The maximum atomic E-state index is 2.36. The van der Waals surface area contributed by atoms with E-state index < -0.39 is 0 Å². The van der Waals surface area contributed by atoms with Gasteiger partial charge in [0.05, 0.1) is 0 Å². The molecule has 2 aromatic rings. The maximum absolute atomic E-state index is 2.36. The lowest BCUT2D eigenvalue weighted by Gasteiger charge is -2.22. The van der Waals surface area contributed by atoms with Crippen LogP contribution in [-0.2, 0) is 0 Å². The Morgan fingerprint density at radius 1 is 1.05 bits per heavy atom. The molecular formula is C19H26. The molecule has 0 radical (unpaired) electrons. The second-order valence-corrected chi connectivity index (χ2v) is 7.07. The third-order valence-electron chi connectivity index (χ3n) is 3.93. The van der Waals surface area contributed by atoms with E-state index in [2.05, 4.69) is 71.0 Å². The van der Waals surface area contributed by atoms with E-state index in [0.29, 0.717) is 11.3 Å². The molecule has 0 N–H and O–H groups in total. The molecule has 0 saturated heterocycles. The lowest BCUT2D eigenvalue weighted by Crippen LogP contribution is -2.07. The average Bonchev–Trinajstić information content (AvgIpc) is 2.34. The van der Waals surface area contributed by atoms with Gasteiger partial charge < -0.3 is 0 Å². The van der Waals surface area contributed by atoms with Crippen LogP contribution in [0.3, 0.4) is 0 Å². The third-order valence-corrected chi connectivity index (χ3v) is 3.93. The van der Waals surface area contributed by atoms with Gasteiger partial charge in [-0.05, 0) is 47.4 Å². The van der Waals surface area contributed by atoms with Gasteiger partial charge in [0.15, 0.2) is 0 Å². The van der Waals surface area contributed by atoms with E-state index in [4.69, 9.17) is 0 Å². The first-order chi connectivity index (χ1) is 8.87.